The van der Waals surface area contributed by atoms with E-state index in [2.05, 4.69) is 15.8 Å². The Morgan fingerprint density at radius 1 is 0.880 bits per heavy atom. The maximum Gasteiger partial charge on any atom is 0.271 e. The molecule has 3 aromatic rings. The van der Waals surface area contributed by atoms with Crippen LogP contribution in [0.4, 0.5) is 5.69 Å². The van der Waals surface area contributed by atoms with E-state index < -0.39 is 5.91 Å². The molecule has 0 saturated heterocycles. The molecule has 1 aromatic heterocycles. The molecule has 2 amide bonds. The molecule has 2 aromatic carbocycles. The van der Waals surface area contributed by atoms with Crippen molar-refractivity contribution in [2.24, 2.45) is 5.10 Å². The first-order valence-electron chi connectivity index (χ1n) is 7.56. The van der Waals surface area contributed by atoms with Gasteiger partial charge in [-0.25, -0.2) is 5.43 Å². The van der Waals surface area contributed by atoms with Gasteiger partial charge in [-0.3, -0.25) is 9.59 Å². The third-order valence-corrected chi connectivity index (χ3v) is 3.32. The number of amides is 2. The summed E-state index contributed by atoms with van der Waals surface area (Å²) in [5.41, 5.74) is 3.85. The van der Waals surface area contributed by atoms with Gasteiger partial charge in [0.25, 0.3) is 11.8 Å². The molecule has 0 unspecified atom stereocenters. The lowest BCUT2D eigenvalue weighted by molar-refractivity contribution is 0.0953. The third-order valence-electron chi connectivity index (χ3n) is 3.32. The highest BCUT2D eigenvalue weighted by Crippen LogP contribution is 2.12. The molecule has 0 radical (unpaired) electrons. The number of benzene rings is 2. The van der Waals surface area contributed by atoms with Crippen LogP contribution in [-0.2, 0) is 0 Å². The van der Waals surface area contributed by atoms with Crippen LogP contribution in [0.15, 0.2) is 82.5 Å². The number of hydrogen-bond donors (Lipinski definition) is 2. The fraction of sp³-hybridized carbons (Fsp3) is 0. The highest BCUT2D eigenvalue weighted by molar-refractivity contribution is 6.05. The van der Waals surface area contributed by atoms with Gasteiger partial charge in [0.15, 0.2) is 0 Å². The molecule has 25 heavy (non-hydrogen) atoms. The zero-order chi connectivity index (χ0) is 17.5. The zero-order valence-corrected chi connectivity index (χ0v) is 13.2. The van der Waals surface area contributed by atoms with Gasteiger partial charge in [0.2, 0.25) is 0 Å². The number of anilines is 1. The molecule has 0 atom stereocenters. The van der Waals surface area contributed by atoms with Crippen LogP contribution in [0, 0.1) is 0 Å². The van der Waals surface area contributed by atoms with Crippen molar-refractivity contribution >= 4 is 23.7 Å². The van der Waals surface area contributed by atoms with E-state index in [4.69, 9.17) is 4.42 Å². The highest BCUT2D eigenvalue weighted by atomic mass is 16.3. The van der Waals surface area contributed by atoms with Crippen molar-refractivity contribution < 1.29 is 14.0 Å². The summed E-state index contributed by atoms with van der Waals surface area (Å²) >= 11 is 0. The van der Waals surface area contributed by atoms with Gasteiger partial charge in [-0.2, -0.15) is 5.10 Å². The number of nitrogens with one attached hydrogen (secondary N) is 2. The van der Waals surface area contributed by atoms with Gasteiger partial charge < -0.3 is 9.73 Å². The number of carbonyl (C=O) groups excluding carboxylic acids is 2. The standard InChI is InChI=1S/C19H15N3O3/c23-18(14-6-2-1-3-7-14)21-16-9-4-8-15(12-16)19(24)22-20-13-17-10-5-11-25-17/h1-13H,(H,21,23)(H,22,24). The second-order valence-corrected chi connectivity index (χ2v) is 5.12. The lowest BCUT2D eigenvalue weighted by atomic mass is 10.1. The first kappa shape index (κ1) is 16.2. The Balaban J connectivity index is 1.64. The minimum atomic E-state index is -0.390. The van der Waals surface area contributed by atoms with Crippen LogP contribution < -0.4 is 10.7 Å². The minimum absolute atomic E-state index is 0.242. The minimum Gasteiger partial charge on any atom is -0.463 e. The van der Waals surface area contributed by atoms with Gasteiger partial charge >= 0.3 is 0 Å². The molecule has 0 fully saturated rings. The molecule has 124 valence electrons. The van der Waals surface area contributed by atoms with Crippen molar-refractivity contribution in [3.63, 3.8) is 0 Å². The van der Waals surface area contributed by atoms with Crippen molar-refractivity contribution in [2.45, 2.75) is 0 Å². The van der Waals surface area contributed by atoms with Crippen LogP contribution in [0.3, 0.4) is 0 Å². The van der Waals surface area contributed by atoms with E-state index in [0.717, 1.165) is 0 Å². The molecule has 1 heterocycles. The van der Waals surface area contributed by atoms with Crippen molar-refractivity contribution in [3.8, 4) is 0 Å². The van der Waals surface area contributed by atoms with E-state index in [1.807, 2.05) is 6.07 Å². The molecule has 6 heteroatoms. The summed E-state index contributed by atoms with van der Waals surface area (Å²) in [6, 6.07) is 18.9. The molecular weight excluding hydrogens is 318 g/mol. The van der Waals surface area contributed by atoms with Crippen LogP contribution in [0.2, 0.25) is 0 Å². The van der Waals surface area contributed by atoms with E-state index >= 15 is 0 Å². The average molecular weight is 333 g/mol. The third kappa shape index (κ3) is 4.42. The SMILES string of the molecule is O=C(NN=Cc1ccco1)c1cccc(NC(=O)c2ccccc2)c1. The number of hydrazone groups is 1. The van der Waals surface area contributed by atoms with Gasteiger partial charge in [-0.05, 0) is 42.5 Å². The average Bonchev–Trinajstić information content (AvgIpc) is 3.16. The van der Waals surface area contributed by atoms with E-state index in [1.165, 1.54) is 12.5 Å². The van der Waals surface area contributed by atoms with E-state index in [-0.39, 0.29) is 5.91 Å². The number of nitrogens with zero attached hydrogens (tertiary/aromatic N) is 1. The predicted octanol–water partition coefficient (Wildman–Crippen LogP) is 3.30. The second-order valence-electron chi connectivity index (χ2n) is 5.12. The number of carbonyl (C=O) groups is 2. The molecule has 0 saturated carbocycles. The van der Waals surface area contributed by atoms with Crippen molar-refractivity contribution in [3.05, 3.63) is 89.9 Å². The van der Waals surface area contributed by atoms with Gasteiger partial charge in [0.05, 0.1) is 12.5 Å². The number of hydrogen-bond acceptors (Lipinski definition) is 4. The Hall–Kier alpha value is -3.67. The van der Waals surface area contributed by atoms with Crippen LogP contribution in [0.25, 0.3) is 0 Å². The Morgan fingerprint density at radius 2 is 1.68 bits per heavy atom. The fourth-order valence-corrected chi connectivity index (χ4v) is 2.11. The highest BCUT2D eigenvalue weighted by Gasteiger charge is 2.08. The predicted molar refractivity (Wildman–Crippen MR) is 94.6 cm³/mol. The molecule has 6 nitrogen and oxygen atoms in total. The number of rotatable bonds is 5. The quantitative estimate of drug-likeness (QED) is 0.555. The smallest absolute Gasteiger partial charge is 0.271 e. The molecule has 2 N–H and O–H groups in total. The van der Waals surface area contributed by atoms with Gasteiger partial charge in [-0.1, -0.05) is 24.3 Å². The maximum absolute atomic E-state index is 12.2. The van der Waals surface area contributed by atoms with Crippen LogP contribution >= 0.6 is 0 Å². The summed E-state index contributed by atoms with van der Waals surface area (Å²) in [5, 5.41) is 6.58. The summed E-state index contributed by atoms with van der Waals surface area (Å²) in [4.78, 5) is 24.3. The molecule has 3 rings (SSSR count). The molecule has 0 spiro atoms. The monoisotopic (exact) mass is 333 g/mol. The Kier molecular flexibility index (Phi) is 5.01. The van der Waals surface area contributed by atoms with Crippen molar-refractivity contribution in [2.75, 3.05) is 5.32 Å². The summed E-state index contributed by atoms with van der Waals surface area (Å²) in [7, 11) is 0. The first-order chi connectivity index (χ1) is 12.2. The van der Waals surface area contributed by atoms with Crippen molar-refractivity contribution in [1.82, 2.24) is 5.43 Å². The Morgan fingerprint density at radius 3 is 2.44 bits per heavy atom. The summed E-state index contributed by atoms with van der Waals surface area (Å²) in [6.07, 6.45) is 2.92. The van der Waals surface area contributed by atoms with Crippen LogP contribution in [0.1, 0.15) is 26.5 Å². The Labute approximate surface area is 144 Å². The van der Waals surface area contributed by atoms with Gasteiger partial charge in [-0.15, -0.1) is 0 Å². The number of furan rings is 1. The largest absolute Gasteiger partial charge is 0.463 e. The fourth-order valence-electron chi connectivity index (χ4n) is 2.11. The van der Waals surface area contributed by atoms with E-state index in [0.29, 0.717) is 22.6 Å². The van der Waals surface area contributed by atoms with E-state index in [9.17, 15) is 9.59 Å². The van der Waals surface area contributed by atoms with Crippen LogP contribution in [-0.4, -0.2) is 18.0 Å². The Bertz CT molecular complexity index is 887. The topological polar surface area (TPSA) is 83.7 Å². The van der Waals surface area contributed by atoms with Crippen LogP contribution in [0.5, 0.6) is 0 Å². The molecular formula is C19H15N3O3. The molecule has 0 aliphatic carbocycles. The summed E-state index contributed by atoms with van der Waals surface area (Å²) in [5.74, 6) is -0.100. The lowest BCUT2D eigenvalue weighted by Gasteiger charge is -2.07. The summed E-state index contributed by atoms with van der Waals surface area (Å²) < 4.78 is 5.08. The second kappa shape index (κ2) is 7.74. The van der Waals surface area contributed by atoms with Gasteiger partial charge in [0, 0.05) is 16.8 Å². The van der Waals surface area contributed by atoms with Gasteiger partial charge in [0.1, 0.15) is 5.76 Å². The molecule has 0 bridgehead atoms. The normalized spacial score (nSPS) is 10.6. The molecule has 0 aliphatic rings. The van der Waals surface area contributed by atoms with E-state index in [1.54, 1.807) is 60.7 Å². The molecule has 0 aliphatic heterocycles. The summed E-state index contributed by atoms with van der Waals surface area (Å²) in [6.45, 7) is 0. The first-order valence-corrected chi connectivity index (χ1v) is 7.56. The van der Waals surface area contributed by atoms with Crippen molar-refractivity contribution in [1.29, 1.82) is 0 Å². The lowest BCUT2D eigenvalue weighted by Crippen LogP contribution is -2.18. The zero-order valence-electron chi connectivity index (χ0n) is 13.2. The maximum atomic E-state index is 12.2.